The van der Waals surface area contributed by atoms with E-state index in [0.717, 1.165) is 17.5 Å². The molecule has 0 spiro atoms. The quantitative estimate of drug-likeness (QED) is 0.0673. The zero-order valence-electron chi connectivity index (χ0n) is 29.6. The average Bonchev–Trinajstić information content (AvgIpc) is 3.79. The van der Waals surface area contributed by atoms with Gasteiger partial charge >= 0.3 is 11.9 Å². The van der Waals surface area contributed by atoms with Crippen molar-refractivity contribution in [1.29, 1.82) is 0 Å². The summed E-state index contributed by atoms with van der Waals surface area (Å²) in [6.45, 7) is 4.89. The molecule has 4 rings (SSSR count). The van der Waals surface area contributed by atoms with Gasteiger partial charge in [0.2, 0.25) is 11.8 Å². The van der Waals surface area contributed by atoms with Crippen LogP contribution in [0.15, 0.2) is 65.7 Å². The second-order valence-electron chi connectivity index (χ2n) is 13.4. The van der Waals surface area contributed by atoms with Crippen molar-refractivity contribution < 1.29 is 34.0 Å². The lowest BCUT2D eigenvalue weighted by molar-refractivity contribution is -0.154. The van der Waals surface area contributed by atoms with Crippen LogP contribution in [-0.2, 0) is 36.1 Å². The standard InChI is InChI=1S/C30H40N3O5P.C6H14N4O2/c1-3-22(2)26(31)28(35)32-18-10-16-25(32)27(34)33-19-11-17-30(33,29(36)37)39(38,20-23-12-6-4-7-13-23)21-24-14-8-5-9-15-24;7-4(5(11)12)2-1-3-10-6(8)9/h4-9,12-15,22,25-26H,3,10-11,16-21,31H2,1-2H3,(H,36,37);4H,1-3,7H2,(H,11,12)(H4,8,9,10)/t22-,25-,26-,30+;4-/m00/s1. The molecule has 2 heterocycles. The second kappa shape index (κ2) is 18.8. The van der Waals surface area contributed by atoms with Gasteiger partial charge in [-0.1, -0.05) is 80.9 Å². The summed E-state index contributed by atoms with van der Waals surface area (Å²) >= 11 is 0. The maximum Gasteiger partial charge on any atom is 0.337 e. The van der Waals surface area contributed by atoms with Crippen molar-refractivity contribution in [2.24, 2.45) is 33.8 Å². The number of carbonyl (C=O) groups is 4. The number of carbonyl (C=O) groups excluding carboxylic acids is 2. The summed E-state index contributed by atoms with van der Waals surface area (Å²) in [7, 11) is -3.65. The summed E-state index contributed by atoms with van der Waals surface area (Å²) in [5, 5.41) is 17.3. The Morgan fingerprint density at radius 3 is 2.00 bits per heavy atom. The molecular weight excluding hydrogens is 673 g/mol. The highest BCUT2D eigenvalue weighted by molar-refractivity contribution is 7.65. The van der Waals surface area contributed by atoms with E-state index in [1.807, 2.05) is 74.5 Å². The van der Waals surface area contributed by atoms with E-state index in [1.54, 1.807) is 0 Å². The molecular formula is C36H54N7O7P. The molecule has 0 aliphatic carbocycles. The minimum atomic E-state index is -3.65. The maximum absolute atomic E-state index is 15.2. The number of carboxylic acids is 2. The Kier molecular flexibility index (Phi) is 15.2. The Labute approximate surface area is 300 Å². The molecule has 2 amide bonds. The van der Waals surface area contributed by atoms with Gasteiger partial charge in [0.15, 0.2) is 11.2 Å². The Balaban J connectivity index is 0.000000501. The number of benzene rings is 2. The lowest BCUT2D eigenvalue weighted by Crippen LogP contribution is -2.59. The van der Waals surface area contributed by atoms with Crippen LogP contribution in [-0.4, -0.2) is 92.8 Å². The molecule has 0 bridgehead atoms. The number of aliphatic carboxylic acids is 2. The molecule has 2 aromatic rings. The number of carboxylic acid groups (broad SMARTS) is 2. The molecule has 2 fully saturated rings. The van der Waals surface area contributed by atoms with Crippen LogP contribution in [0.4, 0.5) is 0 Å². The van der Waals surface area contributed by atoms with Crippen LogP contribution in [0, 0.1) is 5.92 Å². The normalized spacial score (nSPS) is 20.4. The predicted molar refractivity (Wildman–Crippen MR) is 197 cm³/mol. The Hall–Kier alpha value is -4.26. The smallest absolute Gasteiger partial charge is 0.337 e. The molecule has 5 atom stereocenters. The van der Waals surface area contributed by atoms with E-state index in [2.05, 4.69) is 4.99 Å². The van der Waals surface area contributed by atoms with Crippen molar-refractivity contribution in [3.8, 4) is 0 Å². The first kappa shape index (κ1) is 41.2. The van der Waals surface area contributed by atoms with Crippen molar-refractivity contribution in [3.63, 3.8) is 0 Å². The average molecular weight is 728 g/mol. The summed E-state index contributed by atoms with van der Waals surface area (Å²) in [4.78, 5) is 57.6. The van der Waals surface area contributed by atoms with Gasteiger partial charge in [-0.25, -0.2) is 4.79 Å². The number of nitrogens with two attached hydrogens (primary N) is 4. The third-order valence-electron chi connectivity index (χ3n) is 9.85. The molecule has 280 valence electrons. The minimum Gasteiger partial charge on any atom is -0.480 e. The predicted octanol–water partition coefficient (Wildman–Crippen LogP) is 2.97. The molecule has 0 aromatic heterocycles. The summed E-state index contributed by atoms with van der Waals surface area (Å²) in [6, 6.07) is 16.1. The molecule has 0 radical (unpaired) electrons. The molecule has 51 heavy (non-hydrogen) atoms. The van der Waals surface area contributed by atoms with Crippen molar-refractivity contribution in [2.75, 3.05) is 19.6 Å². The lowest BCUT2D eigenvalue weighted by Gasteiger charge is -2.43. The number of rotatable bonds is 15. The summed E-state index contributed by atoms with van der Waals surface area (Å²) in [5.74, 6) is -2.99. The SMILES string of the molecule is CC[C@H](C)[C@H](N)C(=O)N1CCC[C@H]1C(=O)N1CCC[C@]1(C(=O)O)P(=O)(Cc1ccccc1)Cc1ccccc1.NC(N)=NCCC[C@H](N)C(=O)O. The van der Waals surface area contributed by atoms with Gasteiger partial charge in [0.1, 0.15) is 19.2 Å². The van der Waals surface area contributed by atoms with Gasteiger partial charge in [-0.3, -0.25) is 19.4 Å². The molecule has 2 aliphatic heterocycles. The van der Waals surface area contributed by atoms with Crippen LogP contribution in [0.25, 0.3) is 0 Å². The van der Waals surface area contributed by atoms with E-state index in [4.69, 9.17) is 28.0 Å². The van der Waals surface area contributed by atoms with E-state index in [-0.39, 0.29) is 43.1 Å². The van der Waals surface area contributed by atoms with Crippen LogP contribution in [0.5, 0.6) is 0 Å². The first-order valence-electron chi connectivity index (χ1n) is 17.5. The maximum atomic E-state index is 15.2. The number of likely N-dealkylation sites (tertiary alicyclic amines) is 2. The number of aliphatic imine (C=N–C) groups is 1. The number of hydrogen-bond donors (Lipinski definition) is 6. The number of nitrogens with zero attached hydrogens (tertiary/aromatic N) is 3. The highest BCUT2D eigenvalue weighted by atomic mass is 31.2. The van der Waals surface area contributed by atoms with Gasteiger partial charge in [-0.2, -0.15) is 0 Å². The highest BCUT2D eigenvalue weighted by Gasteiger charge is 2.62. The monoisotopic (exact) mass is 727 g/mol. The van der Waals surface area contributed by atoms with Crippen molar-refractivity contribution in [3.05, 3.63) is 71.8 Å². The van der Waals surface area contributed by atoms with E-state index >= 15 is 4.57 Å². The van der Waals surface area contributed by atoms with Crippen LogP contribution >= 0.6 is 7.14 Å². The highest BCUT2D eigenvalue weighted by Crippen LogP contribution is 2.67. The molecule has 0 unspecified atom stereocenters. The van der Waals surface area contributed by atoms with Gasteiger partial charge in [0.25, 0.3) is 0 Å². The van der Waals surface area contributed by atoms with Gasteiger partial charge in [0, 0.05) is 32.0 Å². The molecule has 2 aromatic carbocycles. The molecule has 2 saturated heterocycles. The lowest BCUT2D eigenvalue weighted by atomic mass is 9.98. The van der Waals surface area contributed by atoms with Gasteiger partial charge < -0.3 is 47.5 Å². The number of amides is 2. The molecule has 15 heteroatoms. The van der Waals surface area contributed by atoms with Gasteiger partial charge in [-0.15, -0.1) is 0 Å². The first-order valence-corrected chi connectivity index (χ1v) is 19.6. The Morgan fingerprint density at radius 2 is 1.51 bits per heavy atom. The Bertz CT molecular complexity index is 1510. The van der Waals surface area contributed by atoms with Crippen LogP contribution < -0.4 is 22.9 Å². The largest absolute Gasteiger partial charge is 0.480 e. The zero-order chi connectivity index (χ0) is 37.8. The Morgan fingerprint density at radius 1 is 0.941 bits per heavy atom. The summed E-state index contributed by atoms with van der Waals surface area (Å²) in [6.07, 6.45) is 3.42. The fourth-order valence-corrected chi connectivity index (χ4v) is 10.6. The summed E-state index contributed by atoms with van der Waals surface area (Å²) in [5.41, 5.74) is 23.1. The molecule has 0 saturated carbocycles. The van der Waals surface area contributed by atoms with Crippen LogP contribution in [0.1, 0.15) is 69.9 Å². The first-order chi connectivity index (χ1) is 24.2. The minimum absolute atomic E-state index is 0.0129. The van der Waals surface area contributed by atoms with E-state index < -0.39 is 48.4 Å². The van der Waals surface area contributed by atoms with E-state index in [0.29, 0.717) is 45.2 Å². The van der Waals surface area contributed by atoms with Gasteiger partial charge in [0.05, 0.1) is 6.04 Å². The zero-order valence-corrected chi connectivity index (χ0v) is 30.5. The molecule has 10 N–H and O–H groups in total. The van der Waals surface area contributed by atoms with Gasteiger partial charge in [-0.05, 0) is 55.6 Å². The fraction of sp³-hybridized carbons (Fsp3) is 0.528. The number of guanidine groups is 1. The topological polar surface area (TPSA) is 249 Å². The molecule has 2 aliphatic rings. The third-order valence-corrected chi connectivity index (χ3v) is 13.6. The van der Waals surface area contributed by atoms with E-state index in [1.165, 1.54) is 9.80 Å². The fourth-order valence-electron chi connectivity index (χ4n) is 6.79. The third kappa shape index (κ3) is 10.2. The van der Waals surface area contributed by atoms with Crippen molar-refractivity contribution in [1.82, 2.24) is 9.80 Å². The summed E-state index contributed by atoms with van der Waals surface area (Å²) < 4.78 is 15.2. The van der Waals surface area contributed by atoms with Crippen LogP contribution in [0.2, 0.25) is 0 Å². The number of hydrogen-bond acceptors (Lipinski definition) is 8. The molecule has 14 nitrogen and oxygen atoms in total. The van der Waals surface area contributed by atoms with Crippen LogP contribution in [0.3, 0.4) is 0 Å². The van der Waals surface area contributed by atoms with E-state index in [9.17, 15) is 24.3 Å². The van der Waals surface area contributed by atoms with Crippen molar-refractivity contribution >= 4 is 36.9 Å². The second-order valence-corrected chi connectivity index (χ2v) is 16.5. The van der Waals surface area contributed by atoms with Crippen molar-refractivity contribution in [2.45, 2.75) is 94.5 Å².